The minimum atomic E-state index is -5.70. The van der Waals surface area contributed by atoms with E-state index in [0.29, 0.717) is 12.8 Å². The van der Waals surface area contributed by atoms with Crippen LogP contribution >= 0.6 is 0 Å². The zero-order valence-corrected chi connectivity index (χ0v) is 11.5. The van der Waals surface area contributed by atoms with Gasteiger partial charge in [-0.05, 0) is 24.7 Å². The minimum absolute atomic E-state index is 0.0588. The zero-order chi connectivity index (χ0) is 15.8. The zero-order valence-electron chi connectivity index (χ0n) is 11.5. The summed E-state index contributed by atoms with van der Waals surface area (Å²) in [5.74, 6) is -1.95. The third-order valence-electron chi connectivity index (χ3n) is 4.62. The van der Waals surface area contributed by atoms with E-state index in [-0.39, 0.29) is 31.1 Å². The molecule has 1 aliphatic rings. The Hall–Kier alpha value is -0.460. The second-order valence-corrected chi connectivity index (χ2v) is 5.77. The number of hydrogen-bond donors (Lipinski definition) is 1. The van der Waals surface area contributed by atoms with Crippen LogP contribution in [-0.4, -0.2) is 23.1 Å². The Bertz CT molecular complexity index is 308. The van der Waals surface area contributed by atoms with Crippen LogP contribution in [0.3, 0.4) is 0 Å². The molecule has 0 radical (unpaired) electrons. The molecule has 1 fully saturated rings. The Morgan fingerprint density at radius 3 is 1.95 bits per heavy atom. The van der Waals surface area contributed by atoms with Crippen molar-refractivity contribution in [1.29, 1.82) is 0 Å². The third-order valence-corrected chi connectivity index (χ3v) is 4.62. The maximum absolute atomic E-state index is 12.8. The van der Waals surface area contributed by atoms with Gasteiger partial charge in [-0.1, -0.05) is 33.1 Å². The van der Waals surface area contributed by atoms with Crippen molar-refractivity contribution in [3.8, 4) is 0 Å². The SMILES string of the molecule is CCC(C)C1CCCC(C(O)(C(F)(F)F)C(F)(F)F)C1. The van der Waals surface area contributed by atoms with Crippen LogP contribution in [0.15, 0.2) is 0 Å². The van der Waals surface area contributed by atoms with Gasteiger partial charge in [0.15, 0.2) is 0 Å². The molecule has 7 heteroatoms. The molecule has 0 heterocycles. The Morgan fingerprint density at radius 2 is 1.55 bits per heavy atom. The molecule has 120 valence electrons. The van der Waals surface area contributed by atoms with Gasteiger partial charge in [-0.15, -0.1) is 0 Å². The second kappa shape index (κ2) is 5.73. The van der Waals surface area contributed by atoms with Crippen molar-refractivity contribution in [2.75, 3.05) is 0 Å². The molecular formula is C13H20F6O. The molecule has 0 bridgehead atoms. The minimum Gasteiger partial charge on any atom is -0.373 e. The summed E-state index contributed by atoms with van der Waals surface area (Å²) in [5, 5.41) is 9.43. The average Bonchev–Trinajstić information content (AvgIpc) is 2.34. The molecule has 3 atom stereocenters. The van der Waals surface area contributed by atoms with E-state index < -0.39 is 23.9 Å². The fraction of sp³-hybridized carbons (Fsp3) is 1.00. The van der Waals surface area contributed by atoms with Crippen molar-refractivity contribution in [1.82, 2.24) is 0 Å². The van der Waals surface area contributed by atoms with E-state index in [9.17, 15) is 31.4 Å². The number of hydrogen-bond acceptors (Lipinski definition) is 1. The third kappa shape index (κ3) is 3.07. The van der Waals surface area contributed by atoms with Gasteiger partial charge >= 0.3 is 12.4 Å². The lowest BCUT2D eigenvalue weighted by Crippen LogP contribution is -2.62. The molecule has 0 spiro atoms. The first-order valence-corrected chi connectivity index (χ1v) is 6.81. The highest BCUT2D eigenvalue weighted by Crippen LogP contribution is 2.53. The molecule has 20 heavy (non-hydrogen) atoms. The molecule has 0 aromatic rings. The second-order valence-electron chi connectivity index (χ2n) is 5.77. The lowest BCUT2D eigenvalue weighted by Gasteiger charge is -2.43. The first-order chi connectivity index (χ1) is 8.95. The molecule has 0 aromatic carbocycles. The van der Waals surface area contributed by atoms with Gasteiger partial charge in [0.05, 0.1) is 0 Å². The molecule has 3 unspecified atom stereocenters. The fourth-order valence-electron chi connectivity index (χ4n) is 3.08. The summed E-state index contributed by atoms with van der Waals surface area (Å²) < 4.78 is 76.9. The highest BCUT2D eigenvalue weighted by atomic mass is 19.4. The van der Waals surface area contributed by atoms with Gasteiger partial charge in [-0.3, -0.25) is 0 Å². The van der Waals surface area contributed by atoms with Gasteiger partial charge < -0.3 is 5.11 Å². The summed E-state index contributed by atoms with van der Waals surface area (Å²) >= 11 is 0. The molecule has 1 saturated carbocycles. The Labute approximate surface area is 114 Å². The summed E-state index contributed by atoms with van der Waals surface area (Å²) in [6, 6.07) is 0. The van der Waals surface area contributed by atoms with Gasteiger partial charge in [0.1, 0.15) is 0 Å². The molecule has 1 nitrogen and oxygen atoms in total. The predicted molar refractivity (Wildman–Crippen MR) is 62.0 cm³/mol. The molecule has 0 saturated heterocycles. The van der Waals surface area contributed by atoms with Crippen LogP contribution in [0.25, 0.3) is 0 Å². The van der Waals surface area contributed by atoms with Gasteiger partial charge in [0.25, 0.3) is 5.60 Å². The highest BCUT2D eigenvalue weighted by molar-refractivity contribution is 5.01. The van der Waals surface area contributed by atoms with E-state index in [1.54, 1.807) is 0 Å². The summed E-state index contributed by atoms with van der Waals surface area (Å²) in [5.41, 5.74) is -4.59. The number of halogens is 6. The maximum Gasteiger partial charge on any atom is 0.426 e. The van der Waals surface area contributed by atoms with Crippen LogP contribution in [-0.2, 0) is 0 Å². The van der Waals surface area contributed by atoms with Crippen molar-refractivity contribution in [2.45, 2.75) is 63.9 Å². The normalized spacial score (nSPS) is 27.4. The lowest BCUT2D eigenvalue weighted by atomic mass is 9.68. The van der Waals surface area contributed by atoms with E-state index in [1.165, 1.54) is 0 Å². The summed E-state index contributed by atoms with van der Waals surface area (Å²) in [6.07, 6.45) is -10.3. The van der Waals surface area contributed by atoms with E-state index in [4.69, 9.17) is 0 Å². The Morgan fingerprint density at radius 1 is 1.05 bits per heavy atom. The van der Waals surface area contributed by atoms with Crippen LogP contribution in [0.5, 0.6) is 0 Å². The fourth-order valence-corrected chi connectivity index (χ4v) is 3.08. The molecule has 0 aromatic heterocycles. The van der Waals surface area contributed by atoms with Crippen LogP contribution in [0.4, 0.5) is 26.3 Å². The van der Waals surface area contributed by atoms with Crippen LogP contribution < -0.4 is 0 Å². The first-order valence-electron chi connectivity index (χ1n) is 6.81. The summed E-state index contributed by atoms with van der Waals surface area (Å²) in [7, 11) is 0. The number of alkyl halides is 6. The Kier molecular flexibility index (Phi) is 5.04. The van der Waals surface area contributed by atoms with Crippen LogP contribution in [0, 0.1) is 17.8 Å². The molecule has 0 aliphatic heterocycles. The predicted octanol–water partition coefficient (Wildman–Crippen LogP) is 4.69. The highest BCUT2D eigenvalue weighted by Gasteiger charge is 2.73. The Balaban J connectivity index is 3.04. The number of aliphatic hydroxyl groups is 1. The monoisotopic (exact) mass is 306 g/mol. The number of rotatable bonds is 3. The van der Waals surface area contributed by atoms with Crippen molar-refractivity contribution in [3.63, 3.8) is 0 Å². The lowest BCUT2D eigenvalue weighted by molar-refractivity contribution is -0.388. The van der Waals surface area contributed by atoms with E-state index in [0.717, 1.165) is 0 Å². The summed E-state index contributed by atoms with van der Waals surface area (Å²) in [6.45, 7) is 3.68. The van der Waals surface area contributed by atoms with Gasteiger partial charge in [-0.2, -0.15) is 26.3 Å². The smallest absolute Gasteiger partial charge is 0.373 e. The van der Waals surface area contributed by atoms with E-state index in [1.807, 2.05) is 13.8 Å². The van der Waals surface area contributed by atoms with Crippen molar-refractivity contribution in [2.24, 2.45) is 17.8 Å². The van der Waals surface area contributed by atoms with E-state index >= 15 is 0 Å². The first kappa shape index (κ1) is 17.6. The van der Waals surface area contributed by atoms with Crippen LogP contribution in [0.1, 0.15) is 46.0 Å². The maximum atomic E-state index is 12.8. The largest absolute Gasteiger partial charge is 0.426 e. The van der Waals surface area contributed by atoms with Gasteiger partial charge in [0, 0.05) is 5.92 Å². The van der Waals surface area contributed by atoms with Gasteiger partial charge in [0.2, 0.25) is 0 Å². The molecule has 1 N–H and O–H groups in total. The molecular weight excluding hydrogens is 286 g/mol. The average molecular weight is 306 g/mol. The van der Waals surface area contributed by atoms with Gasteiger partial charge in [-0.25, -0.2) is 0 Å². The van der Waals surface area contributed by atoms with Crippen LogP contribution in [0.2, 0.25) is 0 Å². The molecule has 1 aliphatic carbocycles. The molecule has 1 rings (SSSR count). The summed E-state index contributed by atoms with van der Waals surface area (Å²) in [4.78, 5) is 0. The van der Waals surface area contributed by atoms with E-state index in [2.05, 4.69) is 0 Å². The standard InChI is InChI=1S/C13H20F6O/c1-3-8(2)9-5-4-6-10(7-9)11(20,12(14,15)16)13(17,18)19/h8-10,20H,3-7H2,1-2H3. The quantitative estimate of drug-likeness (QED) is 0.750. The molecule has 0 amide bonds. The van der Waals surface area contributed by atoms with Crippen molar-refractivity contribution in [3.05, 3.63) is 0 Å². The van der Waals surface area contributed by atoms with Crippen molar-refractivity contribution >= 4 is 0 Å². The topological polar surface area (TPSA) is 20.2 Å². The van der Waals surface area contributed by atoms with Crippen molar-refractivity contribution < 1.29 is 31.4 Å².